The normalized spacial score (nSPS) is 12.9. The van der Waals surface area contributed by atoms with Crippen LogP contribution in [0.4, 0.5) is 0 Å². The zero-order chi connectivity index (χ0) is 16.9. The molecule has 1 aliphatic heterocycles. The van der Waals surface area contributed by atoms with Crippen LogP contribution < -0.4 is 9.47 Å². The first-order valence-electron chi connectivity index (χ1n) is 8.31. The van der Waals surface area contributed by atoms with Crippen molar-refractivity contribution in [3.05, 3.63) is 41.7 Å². The third kappa shape index (κ3) is 3.53. The standard InChI is InChI=1S/C18H23N3O3/c1-3-21(17(22)8-7-15-9-10-19-20(15)2)13-14-5-4-6-16-18(14)24-12-11-23-16/h4-6,9-10H,3,7-8,11-13H2,1-2H3. The highest BCUT2D eigenvalue weighted by molar-refractivity contribution is 5.76. The summed E-state index contributed by atoms with van der Waals surface area (Å²) in [6.07, 6.45) is 2.92. The quantitative estimate of drug-likeness (QED) is 0.815. The number of aryl methyl sites for hydroxylation is 2. The van der Waals surface area contributed by atoms with Gasteiger partial charge >= 0.3 is 0 Å². The molecule has 0 spiro atoms. The zero-order valence-electron chi connectivity index (χ0n) is 14.2. The molecule has 0 saturated carbocycles. The Labute approximate surface area is 142 Å². The van der Waals surface area contributed by atoms with Gasteiger partial charge in [0.25, 0.3) is 0 Å². The molecule has 1 amide bonds. The van der Waals surface area contributed by atoms with Crippen LogP contribution in [0.15, 0.2) is 30.5 Å². The SMILES string of the molecule is CCN(Cc1cccc2c1OCCO2)C(=O)CCc1ccnn1C. The summed E-state index contributed by atoms with van der Waals surface area (Å²) in [6.45, 7) is 4.30. The van der Waals surface area contributed by atoms with Crippen LogP contribution in [0.2, 0.25) is 0 Å². The van der Waals surface area contributed by atoms with E-state index in [2.05, 4.69) is 5.10 Å². The molecule has 1 aromatic heterocycles. The fourth-order valence-electron chi connectivity index (χ4n) is 2.88. The third-order valence-corrected chi connectivity index (χ3v) is 4.26. The van der Waals surface area contributed by atoms with Gasteiger partial charge in [0.2, 0.25) is 5.91 Å². The second-order valence-electron chi connectivity index (χ2n) is 5.80. The topological polar surface area (TPSA) is 56.6 Å². The number of amides is 1. The molecular weight excluding hydrogens is 306 g/mol. The lowest BCUT2D eigenvalue weighted by Crippen LogP contribution is -2.31. The van der Waals surface area contributed by atoms with E-state index in [-0.39, 0.29) is 5.91 Å². The molecule has 0 N–H and O–H groups in total. The van der Waals surface area contributed by atoms with Gasteiger partial charge < -0.3 is 14.4 Å². The van der Waals surface area contributed by atoms with Gasteiger partial charge in [-0.25, -0.2) is 0 Å². The third-order valence-electron chi connectivity index (χ3n) is 4.26. The summed E-state index contributed by atoms with van der Waals surface area (Å²) in [4.78, 5) is 14.4. The Morgan fingerprint density at radius 2 is 2.12 bits per heavy atom. The van der Waals surface area contributed by atoms with Crippen molar-refractivity contribution < 1.29 is 14.3 Å². The Kier molecular flexibility index (Phi) is 5.03. The molecule has 0 fully saturated rings. The number of nitrogens with zero attached hydrogens (tertiary/aromatic N) is 3. The molecule has 0 unspecified atom stereocenters. The van der Waals surface area contributed by atoms with E-state index in [1.54, 1.807) is 6.20 Å². The molecule has 24 heavy (non-hydrogen) atoms. The second-order valence-corrected chi connectivity index (χ2v) is 5.80. The van der Waals surface area contributed by atoms with E-state index in [1.807, 2.05) is 47.8 Å². The molecule has 2 aromatic rings. The average molecular weight is 329 g/mol. The Bertz CT molecular complexity index is 711. The number of aromatic nitrogens is 2. The van der Waals surface area contributed by atoms with Crippen LogP contribution in [0, 0.1) is 0 Å². The molecule has 128 valence electrons. The van der Waals surface area contributed by atoms with Gasteiger partial charge in [0.15, 0.2) is 11.5 Å². The van der Waals surface area contributed by atoms with E-state index in [0.29, 0.717) is 39.1 Å². The molecule has 0 aliphatic carbocycles. The van der Waals surface area contributed by atoms with Crippen LogP contribution in [-0.4, -0.2) is 40.3 Å². The molecule has 6 heteroatoms. The lowest BCUT2D eigenvalue weighted by atomic mass is 10.1. The molecule has 2 heterocycles. The summed E-state index contributed by atoms with van der Waals surface area (Å²) in [5.41, 5.74) is 2.05. The Hall–Kier alpha value is -2.50. The molecule has 0 radical (unpaired) electrons. The summed E-state index contributed by atoms with van der Waals surface area (Å²) < 4.78 is 13.2. The lowest BCUT2D eigenvalue weighted by Gasteiger charge is -2.25. The van der Waals surface area contributed by atoms with Gasteiger partial charge in [0.05, 0.1) is 0 Å². The molecule has 6 nitrogen and oxygen atoms in total. The first-order valence-corrected chi connectivity index (χ1v) is 8.31. The van der Waals surface area contributed by atoms with Crippen molar-refractivity contribution in [2.75, 3.05) is 19.8 Å². The van der Waals surface area contributed by atoms with E-state index in [9.17, 15) is 4.79 Å². The maximum atomic E-state index is 12.6. The minimum absolute atomic E-state index is 0.132. The number of benzene rings is 1. The van der Waals surface area contributed by atoms with Gasteiger partial charge in [-0.15, -0.1) is 0 Å². The number of para-hydroxylation sites is 1. The van der Waals surface area contributed by atoms with E-state index >= 15 is 0 Å². The van der Waals surface area contributed by atoms with Gasteiger partial charge in [-0.1, -0.05) is 12.1 Å². The van der Waals surface area contributed by atoms with Crippen LogP contribution in [-0.2, 0) is 24.8 Å². The number of rotatable bonds is 6. The summed E-state index contributed by atoms with van der Waals surface area (Å²) in [5, 5.41) is 4.14. The monoisotopic (exact) mass is 329 g/mol. The average Bonchev–Trinajstić information content (AvgIpc) is 3.02. The summed E-state index contributed by atoms with van der Waals surface area (Å²) in [6, 6.07) is 7.78. The van der Waals surface area contributed by atoms with E-state index in [1.165, 1.54) is 0 Å². The van der Waals surface area contributed by atoms with E-state index in [0.717, 1.165) is 22.8 Å². The fraction of sp³-hybridized carbons (Fsp3) is 0.444. The van der Waals surface area contributed by atoms with Crippen molar-refractivity contribution in [3.63, 3.8) is 0 Å². The van der Waals surface area contributed by atoms with Crippen LogP contribution in [0.1, 0.15) is 24.6 Å². The van der Waals surface area contributed by atoms with Crippen molar-refractivity contribution in [2.45, 2.75) is 26.3 Å². The summed E-state index contributed by atoms with van der Waals surface area (Å²) in [5.74, 6) is 1.66. The van der Waals surface area contributed by atoms with Gasteiger partial charge in [-0.2, -0.15) is 5.10 Å². The van der Waals surface area contributed by atoms with Crippen molar-refractivity contribution >= 4 is 5.91 Å². The molecule has 1 aliphatic rings. The van der Waals surface area contributed by atoms with Crippen LogP contribution in [0.5, 0.6) is 11.5 Å². The highest BCUT2D eigenvalue weighted by atomic mass is 16.6. The number of carbonyl (C=O) groups excluding carboxylic acids is 1. The smallest absolute Gasteiger partial charge is 0.223 e. The molecular formula is C18H23N3O3. The van der Waals surface area contributed by atoms with Crippen molar-refractivity contribution in [1.29, 1.82) is 0 Å². The Morgan fingerprint density at radius 1 is 1.29 bits per heavy atom. The summed E-state index contributed by atoms with van der Waals surface area (Å²) in [7, 11) is 1.89. The maximum Gasteiger partial charge on any atom is 0.223 e. The predicted molar refractivity (Wildman–Crippen MR) is 90.1 cm³/mol. The van der Waals surface area contributed by atoms with Crippen molar-refractivity contribution in [1.82, 2.24) is 14.7 Å². The first kappa shape index (κ1) is 16.4. The van der Waals surface area contributed by atoms with Gasteiger partial charge in [0, 0.05) is 44.0 Å². The predicted octanol–water partition coefficient (Wildman–Crippen LogP) is 2.17. The first-order chi connectivity index (χ1) is 11.7. The van der Waals surface area contributed by atoms with Gasteiger partial charge in [-0.05, 0) is 25.5 Å². The number of carbonyl (C=O) groups is 1. The second kappa shape index (κ2) is 7.38. The lowest BCUT2D eigenvalue weighted by molar-refractivity contribution is -0.131. The fourth-order valence-corrected chi connectivity index (χ4v) is 2.88. The van der Waals surface area contributed by atoms with Crippen LogP contribution >= 0.6 is 0 Å². The minimum atomic E-state index is 0.132. The number of hydrogen-bond acceptors (Lipinski definition) is 4. The highest BCUT2D eigenvalue weighted by Gasteiger charge is 2.19. The molecule has 1 aromatic carbocycles. The zero-order valence-corrected chi connectivity index (χ0v) is 14.2. The Morgan fingerprint density at radius 3 is 2.88 bits per heavy atom. The van der Waals surface area contributed by atoms with E-state index in [4.69, 9.17) is 9.47 Å². The van der Waals surface area contributed by atoms with Crippen LogP contribution in [0.25, 0.3) is 0 Å². The summed E-state index contributed by atoms with van der Waals surface area (Å²) >= 11 is 0. The number of hydrogen-bond donors (Lipinski definition) is 0. The van der Waals surface area contributed by atoms with Gasteiger partial charge in [-0.3, -0.25) is 9.48 Å². The van der Waals surface area contributed by atoms with Crippen molar-refractivity contribution in [2.24, 2.45) is 7.05 Å². The van der Waals surface area contributed by atoms with Crippen LogP contribution in [0.3, 0.4) is 0 Å². The van der Waals surface area contributed by atoms with Gasteiger partial charge in [0.1, 0.15) is 13.2 Å². The highest BCUT2D eigenvalue weighted by Crippen LogP contribution is 2.34. The number of fused-ring (bicyclic) bond motifs is 1. The largest absolute Gasteiger partial charge is 0.486 e. The molecule has 0 bridgehead atoms. The Balaban J connectivity index is 1.66. The molecule has 0 atom stereocenters. The molecule has 0 saturated heterocycles. The number of ether oxygens (including phenoxy) is 2. The van der Waals surface area contributed by atoms with E-state index < -0.39 is 0 Å². The molecule has 3 rings (SSSR count). The maximum absolute atomic E-state index is 12.6. The van der Waals surface area contributed by atoms with Crippen molar-refractivity contribution in [3.8, 4) is 11.5 Å². The minimum Gasteiger partial charge on any atom is -0.486 e.